The Morgan fingerprint density at radius 3 is 3.24 bits per heavy atom. The lowest BCUT2D eigenvalue weighted by molar-refractivity contribution is 0.0181. The largest absolute Gasteiger partial charge is 0.374 e. The number of fused-ring (bicyclic) bond motifs is 1. The molecule has 2 rings (SSSR count). The third-order valence-corrected chi connectivity index (χ3v) is 3.93. The standard InChI is InChI=1S/C12H17F2NOS/c13-12(14)8-16-6-5-15-10-2-1-3-11-9(10)4-7-17-11/h4,7,10,12,15H,1-3,5-6,8H2. The van der Waals surface area contributed by atoms with Crippen LogP contribution in [0.1, 0.15) is 29.3 Å². The van der Waals surface area contributed by atoms with Crippen LogP contribution >= 0.6 is 11.3 Å². The van der Waals surface area contributed by atoms with Crippen molar-refractivity contribution < 1.29 is 13.5 Å². The second-order valence-electron chi connectivity index (χ2n) is 4.16. The first-order valence-electron chi connectivity index (χ1n) is 5.93. The summed E-state index contributed by atoms with van der Waals surface area (Å²) in [6.07, 6.45) is 1.13. The molecule has 1 unspecified atom stereocenters. The highest BCUT2D eigenvalue weighted by atomic mass is 32.1. The summed E-state index contributed by atoms with van der Waals surface area (Å²) in [5, 5.41) is 5.50. The summed E-state index contributed by atoms with van der Waals surface area (Å²) in [6.45, 7) is 0.517. The third-order valence-electron chi connectivity index (χ3n) is 2.93. The fourth-order valence-electron chi connectivity index (χ4n) is 2.18. The molecule has 0 saturated heterocycles. The molecule has 1 N–H and O–H groups in total. The fourth-order valence-corrected chi connectivity index (χ4v) is 3.16. The van der Waals surface area contributed by atoms with Crippen molar-refractivity contribution in [1.82, 2.24) is 5.32 Å². The molecule has 0 fully saturated rings. The van der Waals surface area contributed by atoms with Crippen molar-refractivity contribution in [2.45, 2.75) is 31.7 Å². The number of aryl methyl sites for hydroxylation is 1. The maximum atomic E-state index is 11.8. The van der Waals surface area contributed by atoms with Crippen molar-refractivity contribution >= 4 is 11.3 Å². The minimum Gasteiger partial charge on any atom is -0.374 e. The van der Waals surface area contributed by atoms with Gasteiger partial charge in [-0.15, -0.1) is 11.3 Å². The van der Waals surface area contributed by atoms with E-state index in [-0.39, 0.29) is 0 Å². The first-order chi connectivity index (χ1) is 8.27. The summed E-state index contributed by atoms with van der Waals surface area (Å²) in [5.41, 5.74) is 1.38. The lowest BCUT2D eigenvalue weighted by Crippen LogP contribution is -2.28. The number of halogens is 2. The van der Waals surface area contributed by atoms with Crippen molar-refractivity contribution in [2.24, 2.45) is 0 Å². The number of alkyl halides is 2. The highest BCUT2D eigenvalue weighted by molar-refractivity contribution is 7.10. The Labute approximate surface area is 104 Å². The van der Waals surface area contributed by atoms with Gasteiger partial charge in [-0.25, -0.2) is 8.78 Å². The Morgan fingerprint density at radius 2 is 2.41 bits per heavy atom. The number of nitrogens with one attached hydrogen (secondary N) is 1. The second kappa shape index (κ2) is 6.42. The zero-order valence-electron chi connectivity index (χ0n) is 9.62. The van der Waals surface area contributed by atoms with Crippen molar-refractivity contribution in [1.29, 1.82) is 0 Å². The number of rotatable bonds is 6. The predicted octanol–water partition coefficient (Wildman–Crippen LogP) is 3.00. The molecular formula is C12H17F2NOS. The van der Waals surface area contributed by atoms with Crippen LogP contribution in [0.15, 0.2) is 11.4 Å². The van der Waals surface area contributed by atoms with Gasteiger partial charge in [-0.05, 0) is 36.3 Å². The molecule has 0 bridgehead atoms. The lowest BCUT2D eigenvalue weighted by Gasteiger charge is -2.23. The molecule has 96 valence electrons. The third kappa shape index (κ3) is 3.72. The Balaban J connectivity index is 1.71. The second-order valence-corrected chi connectivity index (χ2v) is 5.16. The summed E-state index contributed by atoms with van der Waals surface area (Å²) in [4.78, 5) is 1.46. The first kappa shape index (κ1) is 12.9. The van der Waals surface area contributed by atoms with E-state index in [0.717, 1.165) is 6.42 Å². The molecule has 0 spiro atoms. The van der Waals surface area contributed by atoms with E-state index in [1.165, 1.54) is 23.3 Å². The van der Waals surface area contributed by atoms with Gasteiger partial charge in [-0.3, -0.25) is 0 Å². The summed E-state index contributed by atoms with van der Waals surface area (Å²) < 4.78 is 28.5. The highest BCUT2D eigenvalue weighted by Gasteiger charge is 2.20. The molecule has 1 heterocycles. The van der Waals surface area contributed by atoms with Gasteiger partial charge >= 0.3 is 0 Å². The first-order valence-corrected chi connectivity index (χ1v) is 6.81. The SMILES string of the molecule is FC(F)COCCNC1CCCc2sccc21. The Hall–Kier alpha value is -0.520. The molecule has 0 amide bonds. The number of hydrogen-bond acceptors (Lipinski definition) is 3. The molecule has 17 heavy (non-hydrogen) atoms. The monoisotopic (exact) mass is 261 g/mol. The van der Waals surface area contributed by atoms with Gasteiger partial charge in [0.25, 0.3) is 6.43 Å². The number of thiophene rings is 1. The molecule has 1 atom stereocenters. The molecule has 2 nitrogen and oxygen atoms in total. The average Bonchev–Trinajstić information content (AvgIpc) is 2.77. The van der Waals surface area contributed by atoms with Crippen molar-refractivity contribution in [3.63, 3.8) is 0 Å². The Bertz CT molecular complexity index is 343. The van der Waals surface area contributed by atoms with Gasteiger partial charge in [-0.1, -0.05) is 0 Å². The molecular weight excluding hydrogens is 244 g/mol. The van der Waals surface area contributed by atoms with E-state index in [4.69, 9.17) is 4.74 Å². The fraction of sp³-hybridized carbons (Fsp3) is 0.667. The Kier molecular flexibility index (Phi) is 4.88. The van der Waals surface area contributed by atoms with Crippen LogP contribution in [-0.2, 0) is 11.2 Å². The van der Waals surface area contributed by atoms with Gasteiger partial charge in [0.05, 0.1) is 6.61 Å². The minimum absolute atomic E-state index is 0.348. The maximum absolute atomic E-state index is 11.8. The van der Waals surface area contributed by atoms with Crippen LogP contribution in [0.3, 0.4) is 0 Å². The van der Waals surface area contributed by atoms with Crippen molar-refractivity contribution in [3.8, 4) is 0 Å². The van der Waals surface area contributed by atoms with Crippen molar-refractivity contribution in [3.05, 3.63) is 21.9 Å². The highest BCUT2D eigenvalue weighted by Crippen LogP contribution is 2.32. The predicted molar refractivity (Wildman–Crippen MR) is 64.8 cm³/mol. The summed E-state index contributed by atoms with van der Waals surface area (Å²) >= 11 is 1.81. The minimum atomic E-state index is -2.37. The van der Waals surface area contributed by atoms with E-state index in [0.29, 0.717) is 19.2 Å². The van der Waals surface area contributed by atoms with E-state index in [1.807, 2.05) is 0 Å². The molecule has 0 saturated carbocycles. The Morgan fingerprint density at radius 1 is 1.53 bits per heavy atom. The zero-order valence-corrected chi connectivity index (χ0v) is 10.4. The van der Waals surface area contributed by atoms with E-state index in [1.54, 1.807) is 11.3 Å². The van der Waals surface area contributed by atoms with Crippen LogP contribution < -0.4 is 5.32 Å². The van der Waals surface area contributed by atoms with Gasteiger partial charge < -0.3 is 10.1 Å². The van der Waals surface area contributed by atoms with Crippen LogP contribution in [0.4, 0.5) is 8.78 Å². The molecule has 1 aliphatic carbocycles. The van der Waals surface area contributed by atoms with Crippen LogP contribution in [0.25, 0.3) is 0 Å². The summed E-state index contributed by atoms with van der Waals surface area (Å²) in [5.74, 6) is 0. The maximum Gasteiger partial charge on any atom is 0.261 e. The number of hydrogen-bond donors (Lipinski definition) is 1. The molecule has 0 aromatic carbocycles. The van der Waals surface area contributed by atoms with Crippen LogP contribution in [0.5, 0.6) is 0 Å². The smallest absolute Gasteiger partial charge is 0.261 e. The van der Waals surface area contributed by atoms with Gasteiger partial charge in [0.1, 0.15) is 6.61 Å². The van der Waals surface area contributed by atoms with Gasteiger partial charge in [0.2, 0.25) is 0 Å². The molecule has 0 radical (unpaired) electrons. The average molecular weight is 261 g/mol. The molecule has 1 aliphatic rings. The summed E-state index contributed by atoms with van der Waals surface area (Å²) in [7, 11) is 0. The zero-order chi connectivity index (χ0) is 12.1. The molecule has 1 aromatic rings. The van der Waals surface area contributed by atoms with Crippen LogP contribution in [-0.4, -0.2) is 26.2 Å². The van der Waals surface area contributed by atoms with Gasteiger partial charge in [-0.2, -0.15) is 0 Å². The molecule has 0 aliphatic heterocycles. The normalized spacial score (nSPS) is 19.6. The van der Waals surface area contributed by atoms with Gasteiger partial charge in [0.15, 0.2) is 0 Å². The van der Waals surface area contributed by atoms with Crippen molar-refractivity contribution in [2.75, 3.05) is 19.8 Å². The summed E-state index contributed by atoms with van der Waals surface area (Å²) in [6, 6.07) is 2.54. The van der Waals surface area contributed by atoms with Gasteiger partial charge in [0, 0.05) is 17.5 Å². The molecule has 1 aromatic heterocycles. The quantitative estimate of drug-likeness (QED) is 0.795. The van der Waals surface area contributed by atoms with E-state index >= 15 is 0 Å². The van der Waals surface area contributed by atoms with E-state index in [2.05, 4.69) is 16.8 Å². The lowest BCUT2D eigenvalue weighted by atomic mass is 9.94. The van der Waals surface area contributed by atoms with E-state index in [9.17, 15) is 8.78 Å². The van der Waals surface area contributed by atoms with E-state index < -0.39 is 13.0 Å². The van der Waals surface area contributed by atoms with Crippen LogP contribution in [0.2, 0.25) is 0 Å². The van der Waals surface area contributed by atoms with Crippen LogP contribution in [0, 0.1) is 0 Å². The topological polar surface area (TPSA) is 21.3 Å². The molecule has 5 heteroatoms. The number of ether oxygens (including phenoxy) is 1.